The molecule has 1 fully saturated rings. The molecule has 3 atom stereocenters. The number of alkyl halides is 1. The summed E-state index contributed by atoms with van der Waals surface area (Å²) in [5, 5.41) is 17.8. The van der Waals surface area contributed by atoms with E-state index in [1.54, 1.807) is 0 Å². The molecular formula is C5H9BrO3. The highest BCUT2D eigenvalue weighted by atomic mass is 79.9. The monoisotopic (exact) mass is 196 g/mol. The van der Waals surface area contributed by atoms with Gasteiger partial charge in [-0.2, -0.15) is 0 Å². The van der Waals surface area contributed by atoms with Crippen LogP contribution in [0.1, 0.15) is 6.42 Å². The van der Waals surface area contributed by atoms with Crippen molar-refractivity contribution in [2.45, 2.75) is 23.6 Å². The van der Waals surface area contributed by atoms with E-state index in [2.05, 4.69) is 15.9 Å². The highest BCUT2D eigenvalue weighted by Gasteiger charge is 2.26. The van der Waals surface area contributed by atoms with E-state index in [-0.39, 0.29) is 11.4 Å². The van der Waals surface area contributed by atoms with E-state index in [1.165, 1.54) is 0 Å². The first kappa shape index (κ1) is 7.47. The molecular weight excluding hydrogens is 188 g/mol. The van der Waals surface area contributed by atoms with Crippen LogP contribution < -0.4 is 0 Å². The van der Waals surface area contributed by atoms with E-state index in [9.17, 15) is 0 Å². The molecule has 3 unspecified atom stereocenters. The van der Waals surface area contributed by atoms with Gasteiger partial charge in [-0.25, -0.2) is 0 Å². The fraction of sp³-hybridized carbons (Fsp3) is 1.00. The molecule has 0 aromatic carbocycles. The van der Waals surface area contributed by atoms with Crippen molar-refractivity contribution in [3.63, 3.8) is 0 Å². The van der Waals surface area contributed by atoms with Crippen LogP contribution in [0.2, 0.25) is 0 Å². The lowest BCUT2D eigenvalue weighted by atomic mass is 10.1. The summed E-state index contributed by atoms with van der Waals surface area (Å²) >= 11 is 3.20. The summed E-state index contributed by atoms with van der Waals surface area (Å²) in [7, 11) is 0. The van der Waals surface area contributed by atoms with Crippen LogP contribution in [0.15, 0.2) is 0 Å². The number of hydrogen-bond acceptors (Lipinski definition) is 3. The number of halogens is 1. The number of ether oxygens (including phenoxy) is 1. The van der Waals surface area contributed by atoms with Crippen LogP contribution in [0.5, 0.6) is 0 Å². The minimum absolute atomic E-state index is 0.0266. The lowest BCUT2D eigenvalue weighted by Gasteiger charge is -2.26. The van der Waals surface area contributed by atoms with Gasteiger partial charge >= 0.3 is 0 Å². The average Bonchev–Trinajstić information content (AvgIpc) is 1.80. The van der Waals surface area contributed by atoms with Crippen LogP contribution in [0.25, 0.3) is 0 Å². The summed E-state index contributed by atoms with van der Waals surface area (Å²) in [6.45, 7) is 0.219. The van der Waals surface area contributed by atoms with Crippen LogP contribution in [-0.4, -0.2) is 34.0 Å². The number of aliphatic hydroxyl groups excluding tert-OH is 2. The predicted octanol–water partition coefficient (Wildman–Crippen LogP) is -0.151. The van der Waals surface area contributed by atoms with E-state index < -0.39 is 12.4 Å². The van der Waals surface area contributed by atoms with Crippen molar-refractivity contribution in [2.24, 2.45) is 0 Å². The fourth-order valence-electron chi connectivity index (χ4n) is 0.732. The zero-order valence-corrected chi connectivity index (χ0v) is 6.41. The first-order valence-corrected chi connectivity index (χ1v) is 3.73. The lowest BCUT2D eigenvalue weighted by Crippen LogP contribution is -2.37. The second-order valence-electron chi connectivity index (χ2n) is 2.11. The lowest BCUT2D eigenvalue weighted by molar-refractivity contribution is -0.152. The summed E-state index contributed by atoms with van der Waals surface area (Å²) in [4.78, 5) is -0.0266. The normalized spacial score (nSPS) is 45.0. The molecule has 2 N–H and O–H groups in total. The maximum Gasteiger partial charge on any atom is 0.155 e. The second-order valence-corrected chi connectivity index (χ2v) is 3.28. The van der Waals surface area contributed by atoms with E-state index in [4.69, 9.17) is 14.9 Å². The largest absolute Gasteiger partial charge is 0.390 e. The SMILES string of the molecule is OC1CC(Br)C(O)CO1. The maximum atomic E-state index is 9.01. The molecule has 0 aromatic rings. The first-order valence-electron chi connectivity index (χ1n) is 2.82. The standard InChI is InChI=1S/C5H9BrO3/c6-3-1-5(8)9-2-4(3)7/h3-5,7-8H,1-2H2. The van der Waals surface area contributed by atoms with Crippen molar-refractivity contribution in [1.82, 2.24) is 0 Å². The Balaban J connectivity index is 2.35. The van der Waals surface area contributed by atoms with Gasteiger partial charge in [0.15, 0.2) is 6.29 Å². The molecule has 0 spiro atoms. The highest BCUT2D eigenvalue weighted by Crippen LogP contribution is 2.19. The third-order valence-electron chi connectivity index (χ3n) is 1.30. The first-order chi connectivity index (χ1) is 4.20. The van der Waals surface area contributed by atoms with Gasteiger partial charge in [-0.3, -0.25) is 0 Å². The Morgan fingerprint density at radius 2 is 2.11 bits per heavy atom. The van der Waals surface area contributed by atoms with Gasteiger partial charge in [0.05, 0.1) is 12.7 Å². The minimum Gasteiger partial charge on any atom is -0.390 e. The summed E-state index contributed by atoms with van der Waals surface area (Å²) in [5.74, 6) is 0. The molecule has 1 aliphatic heterocycles. The summed E-state index contributed by atoms with van der Waals surface area (Å²) in [5.41, 5.74) is 0. The fourth-order valence-corrected chi connectivity index (χ4v) is 1.20. The van der Waals surface area contributed by atoms with Gasteiger partial charge in [-0.15, -0.1) is 0 Å². The molecule has 4 heteroatoms. The van der Waals surface area contributed by atoms with Gasteiger partial charge in [-0.05, 0) is 0 Å². The Hall–Kier alpha value is 0.360. The molecule has 0 bridgehead atoms. The van der Waals surface area contributed by atoms with Gasteiger partial charge in [0, 0.05) is 11.2 Å². The van der Waals surface area contributed by atoms with Crippen molar-refractivity contribution in [3.05, 3.63) is 0 Å². The molecule has 0 saturated carbocycles. The molecule has 0 aromatic heterocycles. The second kappa shape index (κ2) is 2.96. The third-order valence-corrected chi connectivity index (χ3v) is 2.29. The van der Waals surface area contributed by atoms with Crippen molar-refractivity contribution in [3.8, 4) is 0 Å². The van der Waals surface area contributed by atoms with E-state index in [1.807, 2.05) is 0 Å². The molecule has 0 amide bonds. The molecule has 0 aliphatic carbocycles. The van der Waals surface area contributed by atoms with E-state index in [0.29, 0.717) is 6.42 Å². The van der Waals surface area contributed by atoms with Crippen LogP contribution in [0, 0.1) is 0 Å². The number of rotatable bonds is 0. The quantitative estimate of drug-likeness (QED) is 0.531. The highest BCUT2D eigenvalue weighted by molar-refractivity contribution is 9.09. The summed E-state index contributed by atoms with van der Waals surface area (Å²) in [6, 6.07) is 0. The summed E-state index contributed by atoms with van der Waals surface area (Å²) < 4.78 is 4.74. The maximum absolute atomic E-state index is 9.01. The van der Waals surface area contributed by atoms with Crippen LogP contribution >= 0.6 is 15.9 Å². The van der Waals surface area contributed by atoms with Crippen molar-refractivity contribution >= 4 is 15.9 Å². The van der Waals surface area contributed by atoms with Crippen LogP contribution in [0.4, 0.5) is 0 Å². The Morgan fingerprint density at radius 3 is 2.56 bits per heavy atom. The average molecular weight is 197 g/mol. The van der Waals surface area contributed by atoms with Crippen LogP contribution in [-0.2, 0) is 4.74 Å². The Bertz CT molecular complexity index is 98.2. The predicted molar refractivity (Wildman–Crippen MR) is 35.3 cm³/mol. The molecule has 1 heterocycles. The van der Waals surface area contributed by atoms with Crippen molar-refractivity contribution in [1.29, 1.82) is 0 Å². The molecule has 0 radical (unpaired) electrons. The molecule has 1 saturated heterocycles. The minimum atomic E-state index is -0.710. The van der Waals surface area contributed by atoms with Gasteiger partial charge in [0.25, 0.3) is 0 Å². The molecule has 54 valence electrons. The molecule has 1 aliphatic rings. The zero-order valence-electron chi connectivity index (χ0n) is 4.83. The molecule has 9 heavy (non-hydrogen) atoms. The Labute approximate surface area is 61.8 Å². The van der Waals surface area contributed by atoms with Gasteiger partial charge in [0.1, 0.15) is 0 Å². The summed E-state index contributed by atoms with van der Waals surface area (Å²) in [6.07, 6.45) is -0.729. The number of hydrogen-bond donors (Lipinski definition) is 2. The van der Waals surface area contributed by atoms with E-state index in [0.717, 1.165) is 0 Å². The van der Waals surface area contributed by atoms with Gasteiger partial charge < -0.3 is 14.9 Å². The third kappa shape index (κ3) is 1.89. The molecule has 1 rings (SSSR count). The van der Waals surface area contributed by atoms with Crippen molar-refractivity contribution in [2.75, 3.05) is 6.61 Å². The van der Waals surface area contributed by atoms with Crippen LogP contribution in [0.3, 0.4) is 0 Å². The van der Waals surface area contributed by atoms with E-state index >= 15 is 0 Å². The van der Waals surface area contributed by atoms with Gasteiger partial charge in [0.2, 0.25) is 0 Å². The van der Waals surface area contributed by atoms with Gasteiger partial charge in [-0.1, -0.05) is 15.9 Å². The Kier molecular flexibility index (Phi) is 2.46. The molecule has 3 nitrogen and oxygen atoms in total. The zero-order chi connectivity index (χ0) is 6.85. The topological polar surface area (TPSA) is 49.7 Å². The smallest absolute Gasteiger partial charge is 0.155 e. The van der Waals surface area contributed by atoms with Crippen molar-refractivity contribution < 1.29 is 14.9 Å². The Morgan fingerprint density at radius 1 is 1.44 bits per heavy atom. The number of aliphatic hydroxyl groups is 2.